The number of hydrogen-bond donors (Lipinski definition) is 1. The number of non-ortho nitro benzene ring substituents is 1. The second-order valence-corrected chi connectivity index (χ2v) is 4.28. The fraction of sp³-hybridized carbons (Fsp3) is 0.200. The summed E-state index contributed by atoms with van der Waals surface area (Å²) in [6.45, 7) is 0. The topological polar surface area (TPSA) is 144 Å². The van der Waals surface area contributed by atoms with Gasteiger partial charge in [0.05, 0.1) is 4.92 Å². The largest absolute Gasteiger partial charge is 0.481 e. The Bertz CT molecular complexity index is 670. The minimum atomic E-state index is -3.03. The van der Waals surface area contributed by atoms with Crippen LogP contribution in [-0.4, -0.2) is 30.3 Å². The van der Waals surface area contributed by atoms with Crippen LogP contribution >= 0.6 is 0 Å². The Morgan fingerprint density at radius 3 is 2.25 bits per heavy atom. The van der Waals surface area contributed by atoms with Gasteiger partial charge in [-0.15, -0.1) is 0 Å². The molecular formula is C10H8N2O7S. The van der Waals surface area contributed by atoms with E-state index < -0.39 is 33.2 Å². The molecule has 1 amide bonds. The smallest absolute Gasteiger partial charge is 0.319 e. The average Bonchev–Trinajstić information content (AvgIpc) is 2.35. The zero-order valence-corrected chi connectivity index (χ0v) is 10.6. The zero-order chi connectivity index (χ0) is 15.3. The number of carbonyl (C=O) groups excluding carboxylic acids is 1. The maximum atomic E-state index is 11.3. The lowest BCUT2D eigenvalue weighted by atomic mass is 9.99. The van der Waals surface area contributed by atoms with Crippen molar-refractivity contribution in [2.24, 2.45) is 10.3 Å². The van der Waals surface area contributed by atoms with E-state index in [4.69, 9.17) is 5.11 Å². The predicted octanol–water partition coefficient (Wildman–Crippen LogP) is 0.427. The first kappa shape index (κ1) is 15.4. The Hall–Kier alpha value is -2.62. The van der Waals surface area contributed by atoms with Crippen molar-refractivity contribution in [1.82, 2.24) is 0 Å². The number of nitro benzene ring substituents is 1. The van der Waals surface area contributed by atoms with E-state index in [0.717, 1.165) is 12.1 Å². The van der Waals surface area contributed by atoms with Gasteiger partial charge >= 0.3 is 16.5 Å². The second-order valence-electron chi connectivity index (χ2n) is 3.67. The fourth-order valence-electron chi connectivity index (χ4n) is 1.41. The van der Waals surface area contributed by atoms with E-state index >= 15 is 0 Å². The highest BCUT2D eigenvalue weighted by atomic mass is 32.2. The van der Waals surface area contributed by atoms with Gasteiger partial charge in [-0.3, -0.25) is 19.7 Å². The van der Waals surface area contributed by atoms with Crippen LogP contribution in [0.3, 0.4) is 0 Å². The molecule has 0 spiro atoms. The number of carboxylic acid groups (broad SMARTS) is 1. The lowest BCUT2D eigenvalue weighted by Gasteiger charge is -2.07. The highest BCUT2D eigenvalue weighted by molar-refractivity contribution is 7.62. The van der Waals surface area contributed by atoms with Crippen LogP contribution < -0.4 is 0 Å². The Morgan fingerprint density at radius 2 is 1.85 bits per heavy atom. The number of rotatable bonds is 5. The molecule has 0 aliphatic heterocycles. The molecule has 1 atom stereocenters. The molecule has 0 bridgehead atoms. The standard InChI is InChI=1S/C10H8N2O7S/c13-9(11-20(18)19)8(10(14)15)5-6-1-3-7(4-2-6)12(16)17/h1-4,8H,5H2,(H,14,15). The first-order chi connectivity index (χ1) is 9.31. The maximum Gasteiger partial charge on any atom is 0.319 e. The van der Waals surface area contributed by atoms with Crippen LogP contribution in [0.1, 0.15) is 5.56 Å². The molecule has 0 saturated heterocycles. The number of aliphatic carboxylic acids is 1. The zero-order valence-electron chi connectivity index (χ0n) is 9.79. The molecule has 0 saturated carbocycles. The van der Waals surface area contributed by atoms with Crippen molar-refractivity contribution < 1.29 is 28.0 Å². The monoisotopic (exact) mass is 300 g/mol. The number of nitrogens with zero attached hydrogens (tertiary/aromatic N) is 2. The summed E-state index contributed by atoms with van der Waals surface area (Å²) in [6, 6.07) is 4.88. The molecule has 1 aromatic rings. The van der Waals surface area contributed by atoms with E-state index in [1.54, 1.807) is 0 Å². The number of nitro groups is 1. The third-order valence-electron chi connectivity index (χ3n) is 2.35. The lowest BCUT2D eigenvalue weighted by Crippen LogP contribution is -2.24. The minimum Gasteiger partial charge on any atom is -0.481 e. The highest BCUT2D eigenvalue weighted by Crippen LogP contribution is 2.16. The second kappa shape index (κ2) is 6.52. The minimum absolute atomic E-state index is 0.183. The van der Waals surface area contributed by atoms with Crippen LogP contribution in [0.25, 0.3) is 0 Å². The summed E-state index contributed by atoms with van der Waals surface area (Å²) in [4.78, 5) is 32.1. The quantitative estimate of drug-likeness (QED) is 0.471. The van der Waals surface area contributed by atoms with Gasteiger partial charge in [0.1, 0.15) is 5.92 Å². The van der Waals surface area contributed by atoms with E-state index in [9.17, 15) is 28.1 Å². The van der Waals surface area contributed by atoms with Crippen LogP contribution in [0.5, 0.6) is 0 Å². The third-order valence-corrected chi connectivity index (χ3v) is 2.68. The van der Waals surface area contributed by atoms with Crippen molar-refractivity contribution in [3.05, 3.63) is 39.9 Å². The van der Waals surface area contributed by atoms with Crippen molar-refractivity contribution in [1.29, 1.82) is 0 Å². The molecule has 0 radical (unpaired) electrons. The van der Waals surface area contributed by atoms with Crippen LogP contribution in [0.2, 0.25) is 0 Å². The van der Waals surface area contributed by atoms with E-state index in [1.165, 1.54) is 12.1 Å². The molecule has 106 valence electrons. The van der Waals surface area contributed by atoms with E-state index in [2.05, 4.69) is 4.36 Å². The first-order valence-electron chi connectivity index (χ1n) is 5.12. The van der Waals surface area contributed by atoms with Gasteiger partial charge in [0.2, 0.25) is 0 Å². The van der Waals surface area contributed by atoms with Crippen LogP contribution in [0, 0.1) is 16.0 Å². The molecule has 10 heteroatoms. The number of hydrogen-bond acceptors (Lipinski definition) is 6. The van der Waals surface area contributed by atoms with Crippen LogP contribution in [0.15, 0.2) is 28.6 Å². The van der Waals surface area contributed by atoms with Gasteiger partial charge in [0.25, 0.3) is 11.6 Å². The molecule has 1 rings (SSSR count). The molecule has 0 heterocycles. The van der Waals surface area contributed by atoms with Crippen molar-refractivity contribution in [3.8, 4) is 0 Å². The van der Waals surface area contributed by atoms with Crippen molar-refractivity contribution in [2.75, 3.05) is 0 Å². The Kier molecular flexibility index (Phi) is 5.03. The van der Waals surface area contributed by atoms with E-state index in [0.29, 0.717) is 5.56 Å². The van der Waals surface area contributed by atoms with E-state index in [-0.39, 0.29) is 12.1 Å². The fourth-order valence-corrected chi connectivity index (χ4v) is 1.68. The molecular weight excluding hydrogens is 292 g/mol. The Morgan fingerprint density at radius 1 is 1.30 bits per heavy atom. The van der Waals surface area contributed by atoms with Crippen molar-refractivity contribution in [3.63, 3.8) is 0 Å². The first-order valence-corrected chi connectivity index (χ1v) is 6.15. The normalized spacial score (nSPS) is 11.4. The summed E-state index contributed by atoms with van der Waals surface area (Å²) in [7, 11) is -3.03. The molecule has 20 heavy (non-hydrogen) atoms. The summed E-state index contributed by atoms with van der Waals surface area (Å²) in [6.07, 6.45) is -0.313. The van der Waals surface area contributed by atoms with Crippen molar-refractivity contribution in [2.45, 2.75) is 6.42 Å². The van der Waals surface area contributed by atoms with Gasteiger partial charge < -0.3 is 5.11 Å². The predicted molar refractivity (Wildman–Crippen MR) is 64.3 cm³/mol. The summed E-state index contributed by atoms with van der Waals surface area (Å²) >= 11 is 0. The van der Waals surface area contributed by atoms with Gasteiger partial charge in [0, 0.05) is 12.1 Å². The van der Waals surface area contributed by atoms with Gasteiger partial charge in [-0.2, -0.15) is 8.42 Å². The van der Waals surface area contributed by atoms with Gasteiger partial charge in [-0.1, -0.05) is 16.5 Å². The van der Waals surface area contributed by atoms with Gasteiger partial charge in [-0.05, 0) is 12.0 Å². The Labute approximate surface area is 113 Å². The lowest BCUT2D eigenvalue weighted by molar-refractivity contribution is -0.384. The third kappa shape index (κ3) is 4.24. The molecule has 1 N–H and O–H groups in total. The maximum absolute atomic E-state index is 11.3. The summed E-state index contributed by atoms with van der Waals surface area (Å²) in [5.74, 6) is -4.49. The Balaban J connectivity index is 2.97. The van der Waals surface area contributed by atoms with E-state index in [1.807, 2.05) is 0 Å². The van der Waals surface area contributed by atoms with Crippen LogP contribution in [-0.2, 0) is 26.5 Å². The average molecular weight is 300 g/mol. The molecule has 1 unspecified atom stereocenters. The molecule has 0 fully saturated rings. The molecule has 9 nitrogen and oxygen atoms in total. The van der Waals surface area contributed by atoms with Gasteiger partial charge in [0.15, 0.2) is 0 Å². The molecule has 0 aliphatic rings. The van der Waals surface area contributed by atoms with Crippen molar-refractivity contribution >= 4 is 28.1 Å². The number of carbonyl (C=O) groups is 2. The number of benzene rings is 1. The molecule has 1 aromatic carbocycles. The van der Waals surface area contributed by atoms with Gasteiger partial charge in [-0.25, -0.2) is 0 Å². The molecule has 0 aliphatic carbocycles. The van der Waals surface area contributed by atoms with Crippen LogP contribution in [0.4, 0.5) is 5.69 Å². The summed E-state index contributed by atoms with van der Waals surface area (Å²) < 4.78 is 23.1. The number of carboxylic acids is 1. The number of amides is 1. The summed E-state index contributed by atoms with van der Waals surface area (Å²) in [5.41, 5.74) is 0.153. The highest BCUT2D eigenvalue weighted by Gasteiger charge is 2.27. The molecule has 0 aromatic heterocycles. The summed E-state index contributed by atoms with van der Waals surface area (Å²) in [5, 5.41) is 19.3. The SMILES string of the molecule is O=C(O)C(Cc1ccc([N+](=O)[O-])cc1)C(=O)N=S(=O)=O.